The average Bonchev–Trinajstić information content (AvgIpc) is 3.12. The Morgan fingerprint density at radius 3 is 2.58 bits per heavy atom. The highest BCUT2D eigenvalue weighted by atomic mass is 16.1. The van der Waals surface area contributed by atoms with E-state index >= 15 is 0 Å². The zero-order valence-corrected chi connectivity index (χ0v) is 19.5. The van der Waals surface area contributed by atoms with E-state index in [1.807, 2.05) is 0 Å². The van der Waals surface area contributed by atoms with Crippen LogP contribution in [-0.2, 0) is 11.2 Å². The van der Waals surface area contributed by atoms with Crippen LogP contribution in [0.15, 0.2) is 41.5 Å². The largest absolute Gasteiger partial charge is 0.300 e. The van der Waals surface area contributed by atoms with E-state index < -0.39 is 5.41 Å². The first kappa shape index (κ1) is 21.0. The van der Waals surface area contributed by atoms with Gasteiger partial charge in [-0.1, -0.05) is 62.2 Å². The number of ketones is 1. The van der Waals surface area contributed by atoms with Gasteiger partial charge in [-0.05, 0) is 80.1 Å². The van der Waals surface area contributed by atoms with Crippen molar-refractivity contribution in [3.63, 3.8) is 0 Å². The van der Waals surface area contributed by atoms with Crippen molar-refractivity contribution in [3.8, 4) is 6.07 Å². The fourth-order valence-corrected chi connectivity index (χ4v) is 8.60. The molecule has 1 aromatic carbocycles. The van der Waals surface area contributed by atoms with Crippen LogP contribution in [0.25, 0.3) is 0 Å². The van der Waals surface area contributed by atoms with E-state index in [1.54, 1.807) is 11.1 Å². The molecule has 0 unspecified atom stereocenters. The van der Waals surface area contributed by atoms with E-state index in [0.29, 0.717) is 35.9 Å². The van der Waals surface area contributed by atoms with Gasteiger partial charge in [0.05, 0.1) is 11.5 Å². The second kappa shape index (κ2) is 7.33. The summed E-state index contributed by atoms with van der Waals surface area (Å²) in [6.45, 7) is 7.40. The van der Waals surface area contributed by atoms with Gasteiger partial charge in [-0.2, -0.15) is 5.26 Å². The zero-order valence-electron chi connectivity index (χ0n) is 19.5. The first-order chi connectivity index (χ1) is 14.8. The maximum Gasteiger partial charge on any atom is 0.134 e. The van der Waals surface area contributed by atoms with Crippen LogP contribution in [-0.4, -0.2) is 5.78 Å². The summed E-state index contributed by atoms with van der Waals surface area (Å²) in [5.41, 5.74) is 4.64. The van der Waals surface area contributed by atoms with Gasteiger partial charge in [0.1, 0.15) is 5.78 Å². The van der Waals surface area contributed by atoms with Crippen molar-refractivity contribution in [3.05, 3.63) is 47.0 Å². The number of nitriles is 1. The smallest absolute Gasteiger partial charge is 0.134 e. The number of benzene rings is 1. The number of hydrogen-bond acceptors (Lipinski definition) is 2. The lowest BCUT2D eigenvalue weighted by Crippen LogP contribution is -2.51. The number of hydrogen-bond donors (Lipinski definition) is 0. The third-order valence-corrected chi connectivity index (χ3v) is 10.4. The van der Waals surface area contributed by atoms with Crippen molar-refractivity contribution in [2.24, 2.45) is 34.0 Å². The van der Waals surface area contributed by atoms with Crippen LogP contribution >= 0.6 is 0 Å². The SMILES string of the molecule is C[C@H](Cc1ccccc1)[C@H]1CC[C@H]2C3=C(CC[C@]12C)[C@@]1(C)CCC(=O)C[C@]1(C#N)CC3. The predicted molar refractivity (Wildman–Crippen MR) is 124 cm³/mol. The van der Waals surface area contributed by atoms with Crippen molar-refractivity contribution in [1.82, 2.24) is 0 Å². The van der Waals surface area contributed by atoms with E-state index in [2.05, 4.69) is 57.2 Å². The normalized spacial score (nSPS) is 40.5. The maximum atomic E-state index is 12.3. The second-order valence-electron chi connectivity index (χ2n) is 11.7. The fourth-order valence-electron chi connectivity index (χ4n) is 8.60. The first-order valence-corrected chi connectivity index (χ1v) is 12.5. The summed E-state index contributed by atoms with van der Waals surface area (Å²) in [4.78, 5) is 12.3. The molecule has 2 fully saturated rings. The molecule has 0 aliphatic heterocycles. The first-order valence-electron chi connectivity index (χ1n) is 12.5. The molecule has 1 aromatic rings. The Hall–Kier alpha value is -1.88. The maximum absolute atomic E-state index is 12.3. The lowest BCUT2D eigenvalue weighted by Gasteiger charge is -2.57. The highest BCUT2D eigenvalue weighted by Gasteiger charge is 2.61. The number of Topliss-reactive ketones (excluding diaryl/α,β-unsaturated/α-hetero) is 1. The van der Waals surface area contributed by atoms with Gasteiger partial charge in [0, 0.05) is 18.3 Å². The minimum atomic E-state index is -0.451. The van der Waals surface area contributed by atoms with Crippen molar-refractivity contribution in [2.75, 3.05) is 0 Å². The zero-order chi connectivity index (χ0) is 21.9. The molecule has 5 rings (SSSR count). The molecule has 0 amide bonds. The highest BCUT2D eigenvalue weighted by molar-refractivity contribution is 5.81. The predicted octanol–water partition coefficient (Wildman–Crippen LogP) is 7.05. The molecular formula is C29H37NO. The molecule has 0 aromatic heterocycles. The van der Waals surface area contributed by atoms with E-state index in [1.165, 1.54) is 31.2 Å². The van der Waals surface area contributed by atoms with Crippen molar-refractivity contribution in [2.45, 2.75) is 85.0 Å². The molecule has 4 aliphatic rings. The molecule has 6 atom stereocenters. The van der Waals surface area contributed by atoms with E-state index in [-0.39, 0.29) is 5.41 Å². The topological polar surface area (TPSA) is 40.9 Å². The Kier molecular flexibility index (Phi) is 4.96. The minimum absolute atomic E-state index is 0.0850. The molecule has 164 valence electrons. The second-order valence-corrected chi connectivity index (χ2v) is 11.7. The molecule has 0 bridgehead atoms. The lowest BCUT2D eigenvalue weighted by atomic mass is 9.45. The van der Waals surface area contributed by atoms with Gasteiger partial charge in [0.2, 0.25) is 0 Å². The summed E-state index contributed by atoms with van der Waals surface area (Å²) in [6.07, 6.45) is 10.2. The standard InChI is InChI=1S/C29H37NO/c1-20(17-21-7-5-4-6-8-21)24-9-10-25-23-12-16-29(19-30)18-22(31)11-15-28(29,3)26(23)13-14-27(24,25)2/h4-8,20,24-25H,9-18H2,1-3H3/t20-,24-,25+,27-,28-,29+/m1/s1. The summed E-state index contributed by atoms with van der Waals surface area (Å²) in [7, 11) is 0. The molecule has 0 spiro atoms. The van der Waals surface area contributed by atoms with Crippen LogP contribution in [0.2, 0.25) is 0 Å². The highest BCUT2D eigenvalue weighted by Crippen LogP contribution is 2.68. The molecule has 2 saturated carbocycles. The summed E-state index contributed by atoms with van der Waals surface area (Å²) in [5.74, 6) is 2.46. The monoisotopic (exact) mass is 415 g/mol. The molecule has 2 nitrogen and oxygen atoms in total. The molecule has 0 heterocycles. The molecule has 0 saturated heterocycles. The van der Waals surface area contributed by atoms with Crippen molar-refractivity contribution in [1.29, 1.82) is 5.26 Å². The van der Waals surface area contributed by atoms with Gasteiger partial charge in [-0.15, -0.1) is 0 Å². The van der Waals surface area contributed by atoms with Gasteiger partial charge in [0.25, 0.3) is 0 Å². The number of fused-ring (bicyclic) bond motifs is 4. The number of rotatable bonds is 3. The van der Waals surface area contributed by atoms with Crippen molar-refractivity contribution >= 4 is 5.78 Å². The average molecular weight is 416 g/mol. The molecule has 4 aliphatic carbocycles. The summed E-state index contributed by atoms with van der Waals surface area (Å²) >= 11 is 0. The van der Waals surface area contributed by atoms with Gasteiger partial charge in [0.15, 0.2) is 0 Å². The Bertz CT molecular complexity index is 955. The lowest BCUT2D eigenvalue weighted by molar-refractivity contribution is -0.127. The van der Waals surface area contributed by atoms with Crippen LogP contribution < -0.4 is 0 Å². The molecule has 31 heavy (non-hydrogen) atoms. The minimum Gasteiger partial charge on any atom is -0.300 e. The molecule has 0 radical (unpaired) electrons. The van der Waals surface area contributed by atoms with Crippen molar-refractivity contribution < 1.29 is 4.79 Å². The molecule has 0 N–H and O–H groups in total. The molecular weight excluding hydrogens is 378 g/mol. The number of nitrogens with zero attached hydrogens (tertiary/aromatic N) is 1. The summed E-state index contributed by atoms with van der Waals surface area (Å²) in [5, 5.41) is 10.2. The van der Waals surface area contributed by atoms with Crippen LogP contribution in [0.3, 0.4) is 0 Å². The van der Waals surface area contributed by atoms with E-state index in [4.69, 9.17) is 0 Å². The van der Waals surface area contributed by atoms with Gasteiger partial charge in [-0.25, -0.2) is 0 Å². The Labute approximate surface area is 188 Å². The van der Waals surface area contributed by atoms with Gasteiger partial charge < -0.3 is 0 Å². The van der Waals surface area contributed by atoms with Gasteiger partial charge in [-0.3, -0.25) is 4.79 Å². The number of carbonyl (C=O) groups excluding carboxylic acids is 1. The third-order valence-electron chi connectivity index (χ3n) is 10.4. The Morgan fingerprint density at radius 2 is 1.84 bits per heavy atom. The van der Waals surface area contributed by atoms with E-state index in [9.17, 15) is 10.1 Å². The van der Waals surface area contributed by atoms with Crippen LogP contribution in [0.4, 0.5) is 0 Å². The van der Waals surface area contributed by atoms with Crippen LogP contribution in [0.5, 0.6) is 0 Å². The number of allylic oxidation sites excluding steroid dienone is 2. The van der Waals surface area contributed by atoms with Gasteiger partial charge >= 0.3 is 0 Å². The Morgan fingerprint density at radius 1 is 1.06 bits per heavy atom. The van der Waals surface area contributed by atoms with Crippen LogP contribution in [0.1, 0.15) is 84.1 Å². The fraction of sp³-hybridized carbons (Fsp3) is 0.655. The quantitative estimate of drug-likeness (QED) is 0.496. The third kappa shape index (κ3) is 2.99. The summed E-state index contributed by atoms with van der Waals surface area (Å²) < 4.78 is 0. The Balaban J connectivity index is 1.45. The number of carbonyl (C=O) groups is 1. The summed E-state index contributed by atoms with van der Waals surface area (Å²) in [6, 6.07) is 13.7. The van der Waals surface area contributed by atoms with E-state index in [0.717, 1.165) is 31.6 Å². The molecule has 2 heteroatoms. The van der Waals surface area contributed by atoms with Crippen LogP contribution in [0, 0.1) is 45.3 Å².